The second-order valence-electron chi connectivity index (χ2n) is 6.34. The summed E-state index contributed by atoms with van der Waals surface area (Å²) in [5.74, 6) is -1.87. The Hall–Kier alpha value is -3.81. The van der Waals surface area contributed by atoms with Gasteiger partial charge >= 0.3 is 5.97 Å². The molecule has 3 aromatic rings. The number of amides is 1. The molecule has 8 heteroatoms. The van der Waals surface area contributed by atoms with Crippen molar-refractivity contribution < 1.29 is 18.7 Å². The highest BCUT2D eigenvalue weighted by atomic mass is 19.1. The second-order valence-corrected chi connectivity index (χ2v) is 6.34. The molecule has 0 saturated carbocycles. The molecule has 0 unspecified atom stereocenters. The second kappa shape index (κ2) is 8.05. The first-order valence-electron chi connectivity index (χ1n) is 8.68. The molecule has 3 rings (SSSR count). The van der Waals surface area contributed by atoms with Gasteiger partial charge in [0.15, 0.2) is 5.69 Å². The van der Waals surface area contributed by atoms with Crippen molar-refractivity contribution in [3.05, 3.63) is 87.1 Å². The van der Waals surface area contributed by atoms with Crippen molar-refractivity contribution in [3.8, 4) is 5.69 Å². The lowest BCUT2D eigenvalue weighted by molar-refractivity contribution is 0.0600. The van der Waals surface area contributed by atoms with Crippen LogP contribution in [0, 0.1) is 19.7 Å². The van der Waals surface area contributed by atoms with Crippen LogP contribution in [0.3, 0.4) is 0 Å². The van der Waals surface area contributed by atoms with Crippen molar-refractivity contribution in [1.82, 2.24) is 9.78 Å². The lowest BCUT2D eigenvalue weighted by atomic mass is 10.1. The summed E-state index contributed by atoms with van der Waals surface area (Å²) in [5.41, 5.74) is 0.734. The van der Waals surface area contributed by atoms with Crippen LogP contribution >= 0.6 is 0 Å². The smallest absolute Gasteiger partial charge is 0.337 e. The highest BCUT2D eigenvalue weighted by Crippen LogP contribution is 2.18. The van der Waals surface area contributed by atoms with Gasteiger partial charge in [0.2, 0.25) is 5.43 Å². The molecule has 1 aromatic heterocycles. The topological polar surface area (TPSA) is 90.3 Å². The van der Waals surface area contributed by atoms with Gasteiger partial charge in [-0.15, -0.1) is 0 Å². The van der Waals surface area contributed by atoms with Crippen LogP contribution in [-0.4, -0.2) is 28.8 Å². The van der Waals surface area contributed by atoms with Crippen LogP contribution in [0.1, 0.15) is 32.1 Å². The molecule has 1 amide bonds. The van der Waals surface area contributed by atoms with E-state index in [0.29, 0.717) is 16.9 Å². The van der Waals surface area contributed by atoms with E-state index in [-0.39, 0.29) is 11.3 Å². The molecule has 0 aliphatic carbocycles. The number of ether oxygens (including phenoxy) is 1. The average molecular weight is 395 g/mol. The molecule has 29 heavy (non-hydrogen) atoms. The van der Waals surface area contributed by atoms with Gasteiger partial charge in [-0.05, 0) is 43.7 Å². The van der Waals surface area contributed by atoms with Gasteiger partial charge in [-0.2, -0.15) is 5.10 Å². The highest BCUT2D eigenvalue weighted by Gasteiger charge is 2.18. The SMILES string of the molecule is COC(=O)c1ccc(C)c(NC(=O)c2nn(-c3ccccc3F)c(C)cc2=O)c1. The molecular formula is C21H18FN3O4. The normalized spacial score (nSPS) is 10.5. The van der Waals surface area contributed by atoms with E-state index in [1.165, 1.54) is 42.1 Å². The van der Waals surface area contributed by atoms with E-state index in [2.05, 4.69) is 15.2 Å². The number of para-hydroxylation sites is 1. The maximum Gasteiger partial charge on any atom is 0.337 e. The van der Waals surface area contributed by atoms with Crippen molar-refractivity contribution in [1.29, 1.82) is 0 Å². The summed E-state index contributed by atoms with van der Waals surface area (Å²) in [6.07, 6.45) is 0. The van der Waals surface area contributed by atoms with Gasteiger partial charge in [-0.3, -0.25) is 9.59 Å². The number of halogens is 1. The average Bonchev–Trinajstić information content (AvgIpc) is 2.69. The minimum absolute atomic E-state index is 0.114. The van der Waals surface area contributed by atoms with E-state index in [1.807, 2.05) is 0 Å². The number of benzene rings is 2. The summed E-state index contributed by atoms with van der Waals surface area (Å²) in [5, 5.41) is 6.65. The van der Waals surface area contributed by atoms with E-state index in [9.17, 15) is 18.8 Å². The number of carbonyl (C=O) groups is 2. The maximum absolute atomic E-state index is 14.2. The first-order chi connectivity index (χ1) is 13.8. The predicted molar refractivity (Wildman–Crippen MR) is 105 cm³/mol. The van der Waals surface area contributed by atoms with Crippen molar-refractivity contribution in [2.45, 2.75) is 13.8 Å². The quantitative estimate of drug-likeness (QED) is 0.686. The third kappa shape index (κ3) is 4.06. The molecule has 2 aromatic carbocycles. The number of aryl methyl sites for hydroxylation is 2. The van der Waals surface area contributed by atoms with Gasteiger partial charge in [0.05, 0.1) is 12.7 Å². The number of methoxy groups -OCH3 is 1. The van der Waals surface area contributed by atoms with Crippen LogP contribution in [0.25, 0.3) is 5.69 Å². The van der Waals surface area contributed by atoms with Crippen LogP contribution < -0.4 is 10.7 Å². The minimum atomic E-state index is -0.773. The third-order valence-corrected chi connectivity index (χ3v) is 4.31. The van der Waals surface area contributed by atoms with Crippen LogP contribution in [-0.2, 0) is 4.74 Å². The Morgan fingerprint density at radius 2 is 1.83 bits per heavy atom. The highest BCUT2D eigenvalue weighted by molar-refractivity contribution is 6.04. The van der Waals surface area contributed by atoms with Crippen molar-refractivity contribution in [2.75, 3.05) is 12.4 Å². The zero-order valence-corrected chi connectivity index (χ0v) is 16.0. The largest absolute Gasteiger partial charge is 0.465 e. The molecular weight excluding hydrogens is 377 g/mol. The molecule has 0 saturated heterocycles. The molecule has 0 aliphatic heterocycles. The van der Waals surface area contributed by atoms with Crippen molar-refractivity contribution in [2.24, 2.45) is 0 Å². The molecule has 0 radical (unpaired) electrons. The molecule has 0 fully saturated rings. The molecule has 1 N–H and O–H groups in total. The Bertz CT molecular complexity index is 1170. The van der Waals surface area contributed by atoms with E-state index in [1.54, 1.807) is 32.0 Å². The fraction of sp³-hybridized carbons (Fsp3) is 0.143. The molecule has 7 nitrogen and oxygen atoms in total. The third-order valence-electron chi connectivity index (χ3n) is 4.31. The number of nitrogens with zero attached hydrogens (tertiary/aromatic N) is 2. The molecule has 0 aliphatic rings. The van der Waals surface area contributed by atoms with Gasteiger partial charge in [0.1, 0.15) is 11.5 Å². The summed E-state index contributed by atoms with van der Waals surface area (Å²) in [6, 6.07) is 11.8. The Kier molecular flexibility index (Phi) is 5.54. The van der Waals surface area contributed by atoms with Crippen LogP contribution in [0.2, 0.25) is 0 Å². The monoisotopic (exact) mass is 395 g/mol. The number of rotatable bonds is 4. The van der Waals surface area contributed by atoms with Crippen molar-refractivity contribution in [3.63, 3.8) is 0 Å². The first-order valence-corrected chi connectivity index (χ1v) is 8.68. The predicted octanol–water partition coefficient (Wildman–Crippen LogP) is 3.03. The summed E-state index contributed by atoms with van der Waals surface area (Å²) in [6.45, 7) is 3.32. The van der Waals surface area contributed by atoms with Crippen LogP contribution in [0.15, 0.2) is 53.3 Å². The van der Waals surface area contributed by atoms with Crippen LogP contribution in [0.4, 0.5) is 10.1 Å². The fourth-order valence-electron chi connectivity index (χ4n) is 2.76. The molecule has 0 atom stereocenters. The van der Waals surface area contributed by atoms with E-state index >= 15 is 0 Å². The number of aromatic nitrogens is 2. The van der Waals surface area contributed by atoms with Gasteiger partial charge in [-0.25, -0.2) is 13.9 Å². The van der Waals surface area contributed by atoms with Crippen molar-refractivity contribution >= 4 is 17.6 Å². The van der Waals surface area contributed by atoms with E-state index < -0.39 is 28.8 Å². The molecule has 148 valence electrons. The van der Waals surface area contributed by atoms with E-state index in [4.69, 9.17) is 0 Å². The first kappa shape index (κ1) is 19.9. The summed E-state index contributed by atoms with van der Waals surface area (Å²) >= 11 is 0. The number of esters is 1. The number of carbonyl (C=O) groups excluding carboxylic acids is 2. The number of hydrogen-bond acceptors (Lipinski definition) is 5. The van der Waals surface area contributed by atoms with E-state index in [0.717, 1.165) is 0 Å². The Labute approximate surface area is 165 Å². The fourth-order valence-corrected chi connectivity index (χ4v) is 2.76. The van der Waals surface area contributed by atoms with Gasteiger partial charge < -0.3 is 10.1 Å². The molecule has 0 spiro atoms. The number of nitrogens with one attached hydrogen (secondary N) is 1. The minimum Gasteiger partial charge on any atom is -0.465 e. The van der Waals surface area contributed by atoms with Gasteiger partial charge in [0, 0.05) is 17.4 Å². The van der Waals surface area contributed by atoms with Gasteiger partial charge in [-0.1, -0.05) is 18.2 Å². The Morgan fingerprint density at radius 1 is 1.10 bits per heavy atom. The Balaban J connectivity index is 2.01. The zero-order valence-electron chi connectivity index (χ0n) is 16.0. The summed E-state index contributed by atoms with van der Waals surface area (Å²) in [7, 11) is 1.25. The summed E-state index contributed by atoms with van der Waals surface area (Å²) < 4.78 is 20.0. The standard InChI is InChI=1S/C21H18FN3O4/c1-12-8-9-14(21(28)29-3)11-16(12)23-20(27)19-18(26)10-13(2)25(24-19)17-7-5-4-6-15(17)22/h4-11H,1-3H3,(H,23,27). The number of anilines is 1. The lowest BCUT2D eigenvalue weighted by Gasteiger charge is -2.13. The lowest BCUT2D eigenvalue weighted by Crippen LogP contribution is -2.27. The maximum atomic E-state index is 14.2. The Morgan fingerprint density at radius 3 is 2.52 bits per heavy atom. The van der Waals surface area contributed by atoms with Gasteiger partial charge in [0.25, 0.3) is 5.91 Å². The zero-order chi connectivity index (χ0) is 21.1. The molecule has 1 heterocycles. The molecule has 0 bridgehead atoms. The number of hydrogen-bond donors (Lipinski definition) is 1. The summed E-state index contributed by atoms with van der Waals surface area (Å²) in [4.78, 5) is 36.8. The van der Waals surface area contributed by atoms with Crippen LogP contribution in [0.5, 0.6) is 0 Å².